The van der Waals surface area contributed by atoms with Crippen LogP contribution in [0.4, 0.5) is 11.4 Å². The summed E-state index contributed by atoms with van der Waals surface area (Å²) in [5, 5.41) is 3.70. The summed E-state index contributed by atoms with van der Waals surface area (Å²) in [5.74, 6) is 0.157. The van der Waals surface area contributed by atoms with Gasteiger partial charge in [-0.1, -0.05) is 25.1 Å². The molecule has 140 valence electrons. The van der Waals surface area contributed by atoms with E-state index in [1.165, 1.54) is 0 Å². The largest absolute Gasteiger partial charge is 0.360 e. The number of hydrogen-bond acceptors (Lipinski definition) is 5. The van der Waals surface area contributed by atoms with Crippen molar-refractivity contribution in [3.63, 3.8) is 0 Å². The van der Waals surface area contributed by atoms with E-state index in [1.807, 2.05) is 19.9 Å². The predicted molar refractivity (Wildman–Crippen MR) is 98.7 cm³/mol. The molecule has 0 radical (unpaired) electrons. The van der Waals surface area contributed by atoms with Gasteiger partial charge < -0.3 is 9.42 Å². The highest BCUT2D eigenvalue weighted by Crippen LogP contribution is 2.32. The van der Waals surface area contributed by atoms with Crippen LogP contribution >= 0.6 is 0 Å². The van der Waals surface area contributed by atoms with Crippen LogP contribution in [0.3, 0.4) is 0 Å². The van der Waals surface area contributed by atoms with Gasteiger partial charge in [0.15, 0.2) is 10.7 Å². The highest BCUT2D eigenvalue weighted by Gasteiger charge is 2.27. The van der Waals surface area contributed by atoms with Crippen molar-refractivity contribution in [2.75, 3.05) is 16.2 Å². The van der Waals surface area contributed by atoms with E-state index in [0.717, 1.165) is 24.1 Å². The number of aryl methyl sites for hydroxylation is 3. The summed E-state index contributed by atoms with van der Waals surface area (Å²) in [6.07, 6.45) is 1.77. The Bertz CT molecular complexity index is 928. The Hall–Kier alpha value is -2.35. The maximum atomic E-state index is 12.7. The third-order valence-corrected chi connectivity index (χ3v) is 6.08. The molecular formula is C18H23N3O4S. The van der Waals surface area contributed by atoms with Crippen molar-refractivity contribution >= 4 is 27.3 Å². The van der Waals surface area contributed by atoms with E-state index in [2.05, 4.69) is 9.88 Å². The summed E-state index contributed by atoms with van der Waals surface area (Å²) in [4.78, 5) is 14.3. The summed E-state index contributed by atoms with van der Waals surface area (Å²) in [6, 6.07) is 5.32. The van der Waals surface area contributed by atoms with Gasteiger partial charge in [-0.2, -0.15) is 0 Å². The fraction of sp³-hybridized carbons (Fsp3) is 0.444. The Balaban J connectivity index is 1.96. The van der Waals surface area contributed by atoms with E-state index in [1.54, 1.807) is 30.9 Å². The van der Waals surface area contributed by atoms with Gasteiger partial charge in [0.2, 0.25) is 5.91 Å². The Kier molecular flexibility index (Phi) is 4.79. The van der Waals surface area contributed by atoms with E-state index in [-0.39, 0.29) is 22.5 Å². The lowest BCUT2D eigenvalue weighted by Gasteiger charge is -2.31. The number of amides is 1. The Morgan fingerprint density at radius 3 is 2.65 bits per heavy atom. The molecule has 2 heterocycles. The minimum Gasteiger partial charge on any atom is -0.360 e. The van der Waals surface area contributed by atoms with Crippen molar-refractivity contribution in [3.8, 4) is 0 Å². The van der Waals surface area contributed by atoms with Crippen LogP contribution in [0, 0.1) is 19.8 Å². The number of nitrogens with zero attached hydrogens (tertiary/aromatic N) is 2. The SMILES string of the molecule is Cc1noc(C)c1S(=O)(=O)Nc1ccc2c(c1)N(C(=O)C(C)C)CCC2. The van der Waals surface area contributed by atoms with Crippen molar-refractivity contribution in [2.45, 2.75) is 45.4 Å². The molecule has 1 aromatic heterocycles. The molecule has 0 fully saturated rings. The number of carbonyl (C=O) groups is 1. The van der Waals surface area contributed by atoms with Crippen LogP contribution in [-0.2, 0) is 21.2 Å². The molecule has 1 aliphatic heterocycles. The van der Waals surface area contributed by atoms with Gasteiger partial charge in [-0.25, -0.2) is 8.42 Å². The summed E-state index contributed by atoms with van der Waals surface area (Å²) in [5.41, 5.74) is 2.54. The normalized spacial score (nSPS) is 14.4. The van der Waals surface area contributed by atoms with Crippen molar-refractivity contribution < 1.29 is 17.7 Å². The first-order chi connectivity index (χ1) is 12.2. The summed E-state index contributed by atoms with van der Waals surface area (Å²) in [7, 11) is -3.82. The van der Waals surface area contributed by atoms with Gasteiger partial charge in [0.25, 0.3) is 10.0 Å². The Labute approximate surface area is 153 Å². The molecule has 1 amide bonds. The second-order valence-corrected chi connectivity index (χ2v) is 8.47. The zero-order chi connectivity index (χ0) is 19.1. The molecule has 0 aliphatic carbocycles. The molecule has 1 N–H and O–H groups in total. The molecule has 0 atom stereocenters. The highest BCUT2D eigenvalue weighted by atomic mass is 32.2. The van der Waals surface area contributed by atoms with Crippen molar-refractivity contribution in [1.82, 2.24) is 5.16 Å². The summed E-state index contributed by atoms with van der Waals surface area (Å²) in [6.45, 7) is 7.51. The first-order valence-corrected chi connectivity index (χ1v) is 10.1. The van der Waals surface area contributed by atoms with Gasteiger partial charge in [-0.15, -0.1) is 0 Å². The first-order valence-electron chi connectivity index (χ1n) is 8.60. The summed E-state index contributed by atoms with van der Waals surface area (Å²) >= 11 is 0. The monoisotopic (exact) mass is 377 g/mol. The molecule has 2 aromatic rings. The number of aromatic nitrogens is 1. The van der Waals surface area contributed by atoms with E-state index >= 15 is 0 Å². The number of hydrogen-bond donors (Lipinski definition) is 1. The minimum atomic E-state index is -3.82. The van der Waals surface area contributed by atoms with E-state index in [4.69, 9.17) is 4.52 Å². The number of fused-ring (bicyclic) bond motifs is 1. The van der Waals surface area contributed by atoms with Gasteiger partial charge in [0.05, 0.1) is 5.69 Å². The maximum Gasteiger partial charge on any atom is 0.267 e. The fourth-order valence-corrected chi connectivity index (χ4v) is 4.62. The number of nitrogens with one attached hydrogen (secondary N) is 1. The fourth-order valence-electron chi connectivity index (χ4n) is 3.24. The average molecular weight is 377 g/mol. The first kappa shape index (κ1) is 18.4. The van der Waals surface area contributed by atoms with E-state index in [0.29, 0.717) is 17.9 Å². The number of carbonyl (C=O) groups excluding carboxylic acids is 1. The smallest absolute Gasteiger partial charge is 0.267 e. The highest BCUT2D eigenvalue weighted by molar-refractivity contribution is 7.92. The standard InChI is InChI=1S/C18H23N3O4S/c1-11(2)18(22)21-9-5-6-14-7-8-15(10-16(14)21)20-26(23,24)17-12(3)19-25-13(17)4/h7-8,10-11,20H,5-6,9H2,1-4H3. The number of anilines is 2. The number of benzene rings is 1. The van der Waals surface area contributed by atoms with Gasteiger partial charge in [0.1, 0.15) is 5.69 Å². The van der Waals surface area contributed by atoms with Crippen LogP contribution in [0.2, 0.25) is 0 Å². The van der Waals surface area contributed by atoms with Gasteiger partial charge in [-0.05, 0) is 44.4 Å². The van der Waals surface area contributed by atoms with Gasteiger partial charge >= 0.3 is 0 Å². The number of rotatable bonds is 4. The molecule has 1 aliphatic rings. The van der Waals surface area contributed by atoms with Crippen LogP contribution in [-0.4, -0.2) is 26.0 Å². The number of sulfonamides is 1. The third-order valence-electron chi connectivity index (χ3n) is 4.45. The zero-order valence-corrected chi connectivity index (χ0v) is 16.2. The van der Waals surface area contributed by atoms with Gasteiger partial charge in [-0.3, -0.25) is 9.52 Å². The van der Waals surface area contributed by atoms with Crippen molar-refractivity contribution in [1.29, 1.82) is 0 Å². The molecule has 0 saturated carbocycles. The van der Waals surface area contributed by atoms with Crippen LogP contribution < -0.4 is 9.62 Å². The van der Waals surface area contributed by atoms with Crippen LogP contribution in [0.5, 0.6) is 0 Å². The summed E-state index contributed by atoms with van der Waals surface area (Å²) < 4.78 is 32.9. The van der Waals surface area contributed by atoms with E-state index < -0.39 is 10.0 Å². The van der Waals surface area contributed by atoms with Crippen LogP contribution in [0.25, 0.3) is 0 Å². The maximum absolute atomic E-state index is 12.7. The lowest BCUT2D eigenvalue weighted by Crippen LogP contribution is -2.38. The molecule has 26 heavy (non-hydrogen) atoms. The molecule has 8 heteroatoms. The second-order valence-electron chi connectivity index (χ2n) is 6.85. The average Bonchev–Trinajstić information content (AvgIpc) is 2.92. The molecule has 3 rings (SSSR count). The lowest BCUT2D eigenvalue weighted by molar-refractivity contribution is -0.121. The van der Waals surface area contributed by atoms with Gasteiger partial charge in [0, 0.05) is 18.2 Å². The second kappa shape index (κ2) is 6.75. The Morgan fingerprint density at radius 1 is 1.31 bits per heavy atom. The molecule has 0 saturated heterocycles. The lowest BCUT2D eigenvalue weighted by atomic mass is 9.99. The minimum absolute atomic E-state index is 0.0386. The van der Waals surface area contributed by atoms with E-state index in [9.17, 15) is 13.2 Å². The molecule has 0 spiro atoms. The van der Waals surface area contributed by atoms with Crippen LogP contribution in [0.15, 0.2) is 27.6 Å². The van der Waals surface area contributed by atoms with Crippen LogP contribution in [0.1, 0.15) is 37.3 Å². The topological polar surface area (TPSA) is 92.5 Å². The predicted octanol–water partition coefficient (Wildman–Crippen LogP) is 3.03. The zero-order valence-electron chi connectivity index (χ0n) is 15.4. The molecule has 0 unspecified atom stereocenters. The Morgan fingerprint density at radius 2 is 2.04 bits per heavy atom. The van der Waals surface area contributed by atoms with Crippen molar-refractivity contribution in [3.05, 3.63) is 35.2 Å². The third kappa shape index (κ3) is 3.33. The molecule has 1 aromatic carbocycles. The molecular weight excluding hydrogens is 354 g/mol. The molecule has 0 bridgehead atoms. The quantitative estimate of drug-likeness (QED) is 0.884. The molecule has 7 nitrogen and oxygen atoms in total. The van der Waals surface area contributed by atoms with Crippen molar-refractivity contribution in [2.24, 2.45) is 5.92 Å².